The molecule has 3 aromatic carbocycles. The number of ether oxygens (including phenoxy) is 2. The Bertz CT molecular complexity index is 1840. The molecule has 6 nitrogen and oxygen atoms in total. The fourth-order valence-corrected chi connectivity index (χ4v) is 6.35. The molecule has 2 heterocycles. The van der Waals surface area contributed by atoms with Gasteiger partial charge in [-0.1, -0.05) is 98.5 Å². The molecule has 0 saturated heterocycles. The van der Waals surface area contributed by atoms with Gasteiger partial charge < -0.3 is 9.47 Å². The largest absolute Gasteiger partial charge is 0.488 e. The van der Waals surface area contributed by atoms with Crippen LogP contribution in [0, 0.1) is 0 Å². The van der Waals surface area contributed by atoms with Gasteiger partial charge in [0.25, 0.3) is 5.56 Å². The van der Waals surface area contributed by atoms with Crippen molar-refractivity contribution in [3.05, 3.63) is 137 Å². The zero-order valence-corrected chi connectivity index (χ0v) is 26.1. The minimum atomic E-state index is -0.708. The first-order valence-corrected chi connectivity index (χ1v) is 15.3. The van der Waals surface area contributed by atoms with E-state index in [-0.39, 0.29) is 12.2 Å². The topological polar surface area (TPSA) is 69.9 Å². The fourth-order valence-electron chi connectivity index (χ4n) is 4.84. The Hall–Kier alpha value is -4.01. The van der Waals surface area contributed by atoms with Gasteiger partial charge in [0.15, 0.2) is 4.80 Å². The van der Waals surface area contributed by atoms with Gasteiger partial charge in [-0.3, -0.25) is 9.36 Å². The van der Waals surface area contributed by atoms with Crippen molar-refractivity contribution in [2.45, 2.75) is 32.7 Å². The summed E-state index contributed by atoms with van der Waals surface area (Å²) in [4.78, 5) is 33.1. The summed E-state index contributed by atoms with van der Waals surface area (Å²) in [5.41, 5.74) is 4.20. The van der Waals surface area contributed by atoms with Crippen molar-refractivity contribution in [3.63, 3.8) is 0 Å². The van der Waals surface area contributed by atoms with Gasteiger partial charge in [-0.2, -0.15) is 0 Å². The van der Waals surface area contributed by atoms with Crippen LogP contribution in [-0.2, 0) is 9.53 Å². The Kier molecular flexibility index (Phi) is 9.04. The molecule has 214 valence electrons. The predicted molar refractivity (Wildman–Crippen MR) is 171 cm³/mol. The van der Waals surface area contributed by atoms with E-state index in [1.54, 1.807) is 17.6 Å². The highest BCUT2D eigenvalue weighted by Crippen LogP contribution is 2.35. The highest BCUT2D eigenvalue weighted by Gasteiger charge is 2.35. The number of benzene rings is 3. The van der Waals surface area contributed by atoms with E-state index >= 15 is 0 Å². The van der Waals surface area contributed by atoms with Crippen molar-refractivity contribution in [1.29, 1.82) is 0 Å². The zero-order valence-electron chi connectivity index (χ0n) is 23.7. The molecule has 0 radical (unpaired) electrons. The van der Waals surface area contributed by atoms with Gasteiger partial charge in [-0.25, -0.2) is 9.79 Å². The molecule has 4 aromatic rings. The molecule has 5 rings (SSSR count). The second-order valence-corrected chi connectivity index (χ2v) is 11.9. The summed E-state index contributed by atoms with van der Waals surface area (Å²) in [5.74, 6) is 0.533. The van der Waals surface area contributed by atoms with Gasteiger partial charge in [-0.05, 0) is 63.7 Å². The first kappa shape index (κ1) is 29.5. The molecule has 42 heavy (non-hydrogen) atoms. The predicted octanol–water partition coefficient (Wildman–Crippen LogP) is 6.39. The first-order chi connectivity index (χ1) is 20.3. The summed E-state index contributed by atoms with van der Waals surface area (Å²) >= 11 is 4.85. The van der Waals surface area contributed by atoms with Gasteiger partial charge in [0.1, 0.15) is 12.4 Å². The number of carbonyl (C=O) groups is 1. The lowest BCUT2D eigenvalue weighted by Crippen LogP contribution is -2.40. The highest BCUT2D eigenvalue weighted by atomic mass is 79.9. The molecule has 0 N–H and O–H groups in total. The van der Waals surface area contributed by atoms with Crippen molar-refractivity contribution in [1.82, 2.24) is 4.57 Å². The molecule has 1 aliphatic heterocycles. The number of esters is 1. The average Bonchev–Trinajstić information content (AvgIpc) is 3.30. The summed E-state index contributed by atoms with van der Waals surface area (Å²) in [6.45, 7) is 10.3. The molecule has 0 spiro atoms. The lowest BCUT2D eigenvalue weighted by molar-refractivity contribution is -0.138. The van der Waals surface area contributed by atoms with Crippen molar-refractivity contribution in [2.24, 2.45) is 4.99 Å². The SMILES string of the molecule is C=CCOc1ccc(/C=c2\sc3n(c2=O)[C@H](c2ccc(C(C)C)cc2)C(C(=O)OCC)=C(c2ccccc2)N=3)cc1Br. The molecule has 1 aromatic heterocycles. The van der Waals surface area contributed by atoms with Crippen molar-refractivity contribution >= 4 is 45.0 Å². The molecule has 0 unspecified atom stereocenters. The van der Waals surface area contributed by atoms with Crippen LogP contribution in [0.5, 0.6) is 5.75 Å². The Morgan fingerprint density at radius 1 is 1.12 bits per heavy atom. The molecular formula is C34H31BrN2O4S. The maximum Gasteiger partial charge on any atom is 0.338 e. The van der Waals surface area contributed by atoms with Gasteiger partial charge in [-0.15, -0.1) is 0 Å². The molecule has 1 aliphatic rings. The van der Waals surface area contributed by atoms with Crippen LogP contribution < -0.4 is 19.6 Å². The van der Waals surface area contributed by atoms with E-state index in [1.165, 1.54) is 16.9 Å². The van der Waals surface area contributed by atoms with E-state index in [9.17, 15) is 9.59 Å². The molecule has 0 fully saturated rings. The van der Waals surface area contributed by atoms with Crippen LogP contribution in [0.1, 0.15) is 55.0 Å². The van der Waals surface area contributed by atoms with Gasteiger partial charge in [0, 0.05) is 5.56 Å². The Morgan fingerprint density at radius 2 is 1.86 bits per heavy atom. The summed E-state index contributed by atoms with van der Waals surface area (Å²) < 4.78 is 14.1. The maximum atomic E-state index is 14.1. The standard InChI is InChI=1S/C34H31BrN2O4S/c1-5-18-41-27-17-12-22(19-26(27)35)20-28-32(38)37-31(25-15-13-23(14-16-25)21(3)4)29(33(39)40-6-2)30(36-34(37)42-28)24-10-8-7-9-11-24/h5,7-17,19-21,31H,1,6,18H2,2-4H3/b28-20-/t31-/m1/s1. The number of halogens is 1. The van der Waals surface area contributed by atoms with Crippen LogP contribution in [0.3, 0.4) is 0 Å². The number of thiazole rings is 1. The van der Waals surface area contributed by atoms with Crippen molar-refractivity contribution in [3.8, 4) is 5.75 Å². The van der Waals surface area contributed by atoms with Crippen molar-refractivity contribution in [2.75, 3.05) is 13.2 Å². The van der Waals surface area contributed by atoms with E-state index in [2.05, 4.69) is 36.4 Å². The number of hydrogen-bond acceptors (Lipinski definition) is 6. The van der Waals surface area contributed by atoms with Crippen LogP contribution in [0.15, 0.2) is 105 Å². The van der Waals surface area contributed by atoms with Gasteiger partial charge >= 0.3 is 5.97 Å². The monoisotopic (exact) mass is 642 g/mol. The average molecular weight is 644 g/mol. The third kappa shape index (κ3) is 5.96. The molecule has 1 atom stereocenters. The van der Waals surface area contributed by atoms with Crippen LogP contribution in [0.25, 0.3) is 11.8 Å². The quantitative estimate of drug-likeness (QED) is 0.157. The summed E-state index contributed by atoms with van der Waals surface area (Å²) in [6.07, 6.45) is 3.52. The number of hydrogen-bond donors (Lipinski definition) is 0. The van der Waals surface area contributed by atoms with Gasteiger partial charge in [0.05, 0.1) is 32.9 Å². The maximum absolute atomic E-state index is 14.1. The molecule has 0 bridgehead atoms. The zero-order chi connectivity index (χ0) is 29.8. The smallest absolute Gasteiger partial charge is 0.338 e. The number of fused-ring (bicyclic) bond motifs is 1. The molecule has 8 heteroatoms. The third-order valence-corrected chi connectivity index (χ3v) is 8.51. The highest BCUT2D eigenvalue weighted by molar-refractivity contribution is 9.10. The third-order valence-electron chi connectivity index (χ3n) is 6.90. The lowest BCUT2D eigenvalue weighted by Gasteiger charge is -2.26. The summed E-state index contributed by atoms with van der Waals surface area (Å²) in [5, 5.41) is 0. The molecule has 0 saturated carbocycles. The first-order valence-electron chi connectivity index (χ1n) is 13.7. The Morgan fingerprint density at radius 3 is 2.50 bits per heavy atom. The van der Waals surface area contributed by atoms with Crippen LogP contribution >= 0.6 is 27.3 Å². The van der Waals surface area contributed by atoms with E-state index in [0.29, 0.717) is 38.9 Å². The second-order valence-electron chi connectivity index (χ2n) is 10.0. The minimum Gasteiger partial charge on any atom is -0.488 e. The fraction of sp³-hybridized carbons (Fsp3) is 0.206. The lowest BCUT2D eigenvalue weighted by atomic mass is 9.91. The summed E-state index contributed by atoms with van der Waals surface area (Å²) in [7, 11) is 0. The van der Waals surface area contributed by atoms with E-state index < -0.39 is 12.0 Å². The van der Waals surface area contributed by atoms with E-state index in [4.69, 9.17) is 14.5 Å². The minimum absolute atomic E-state index is 0.204. The van der Waals surface area contributed by atoms with Gasteiger partial charge in [0.2, 0.25) is 0 Å². The Labute approximate surface area is 257 Å². The van der Waals surface area contributed by atoms with E-state index in [1.807, 2.05) is 78.9 Å². The molecule has 0 amide bonds. The van der Waals surface area contributed by atoms with Crippen molar-refractivity contribution < 1.29 is 14.3 Å². The summed E-state index contributed by atoms with van der Waals surface area (Å²) in [6, 6.07) is 22.6. The number of aromatic nitrogens is 1. The van der Waals surface area contributed by atoms with E-state index in [0.717, 1.165) is 21.2 Å². The number of carbonyl (C=O) groups excluding carboxylic acids is 1. The Balaban J connectivity index is 1.74. The normalized spacial score (nSPS) is 14.9. The molecule has 0 aliphatic carbocycles. The van der Waals surface area contributed by atoms with Crippen LogP contribution in [0.2, 0.25) is 0 Å². The second kappa shape index (κ2) is 12.9. The van der Waals surface area contributed by atoms with Crippen LogP contribution in [0.4, 0.5) is 0 Å². The molecular weight excluding hydrogens is 612 g/mol. The van der Waals surface area contributed by atoms with Crippen LogP contribution in [-0.4, -0.2) is 23.8 Å². The number of rotatable bonds is 9. The number of nitrogens with zero attached hydrogens (tertiary/aromatic N) is 2.